The minimum atomic E-state index is 0.448. The van der Waals surface area contributed by atoms with E-state index >= 15 is 0 Å². The number of hydrogen-bond acceptors (Lipinski definition) is 3. The van der Waals surface area contributed by atoms with E-state index in [1.807, 2.05) is 18.8 Å². The van der Waals surface area contributed by atoms with E-state index < -0.39 is 0 Å². The molecule has 1 saturated heterocycles. The van der Waals surface area contributed by atoms with Crippen molar-refractivity contribution in [1.29, 1.82) is 0 Å². The summed E-state index contributed by atoms with van der Waals surface area (Å²) < 4.78 is 6.82. The van der Waals surface area contributed by atoms with E-state index in [-0.39, 0.29) is 0 Å². The number of thioether (sulfide) groups is 1. The van der Waals surface area contributed by atoms with Crippen molar-refractivity contribution < 1.29 is 4.74 Å². The second-order valence-corrected chi connectivity index (χ2v) is 6.16. The fourth-order valence-electron chi connectivity index (χ4n) is 1.93. The molecule has 1 unspecified atom stereocenters. The third-order valence-electron chi connectivity index (χ3n) is 2.83. The van der Waals surface area contributed by atoms with Gasteiger partial charge in [0, 0.05) is 28.3 Å². The Morgan fingerprint density at radius 2 is 2.41 bits per heavy atom. The highest BCUT2D eigenvalue weighted by Crippen LogP contribution is 2.30. The maximum absolute atomic E-state index is 5.63. The van der Waals surface area contributed by atoms with Crippen LogP contribution < -0.4 is 5.32 Å². The monoisotopic (exact) mass is 315 g/mol. The van der Waals surface area contributed by atoms with Crippen LogP contribution in [0.15, 0.2) is 27.6 Å². The maximum atomic E-state index is 5.63. The van der Waals surface area contributed by atoms with Crippen LogP contribution in [0.5, 0.6) is 0 Å². The average molecular weight is 316 g/mol. The van der Waals surface area contributed by atoms with Crippen molar-refractivity contribution in [3.05, 3.63) is 28.2 Å². The molecule has 17 heavy (non-hydrogen) atoms. The summed E-state index contributed by atoms with van der Waals surface area (Å²) in [4.78, 5) is 1.31. The van der Waals surface area contributed by atoms with Gasteiger partial charge in [-0.3, -0.25) is 0 Å². The SMILES string of the molecule is CNCc1ccc(SCC2CCCO2)c(Br)c1. The number of halogens is 1. The summed E-state index contributed by atoms with van der Waals surface area (Å²) >= 11 is 5.52. The lowest BCUT2D eigenvalue weighted by atomic mass is 10.2. The Labute approximate surface area is 116 Å². The zero-order valence-electron chi connectivity index (χ0n) is 10.0. The summed E-state index contributed by atoms with van der Waals surface area (Å²) in [6, 6.07) is 6.56. The van der Waals surface area contributed by atoms with Crippen molar-refractivity contribution in [3.63, 3.8) is 0 Å². The van der Waals surface area contributed by atoms with Gasteiger partial charge in [0.2, 0.25) is 0 Å². The molecular formula is C13H18BrNOS. The molecule has 4 heteroatoms. The summed E-state index contributed by atoms with van der Waals surface area (Å²) in [5.41, 5.74) is 1.31. The van der Waals surface area contributed by atoms with Crippen LogP contribution in [0.2, 0.25) is 0 Å². The Hall–Kier alpha value is -0.0300. The molecule has 1 heterocycles. The molecule has 0 saturated carbocycles. The Kier molecular flexibility index (Phi) is 5.35. The largest absolute Gasteiger partial charge is 0.377 e. The lowest BCUT2D eigenvalue weighted by Gasteiger charge is -2.10. The lowest BCUT2D eigenvalue weighted by molar-refractivity contribution is 0.129. The quantitative estimate of drug-likeness (QED) is 0.841. The first-order valence-corrected chi connectivity index (χ1v) is 7.75. The van der Waals surface area contributed by atoms with Gasteiger partial charge < -0.3 is 10.1 Å². The van der Waals surface area contributed by atoms with Crippen LogP contribution in [-0.2, 0) is 11.3 Å². The van der Waals surface area contributed by atoms with E-state index in [0.717, 1.165) is 18.9 Å². The molecule has 1 N–H and O–H groups in total. The molecule has 2 rings (SSSR count). The van der Waals surface area contributed by atoms with Crippen molar-refractivity contribution in [3.8, 4) is 0 Å². The molecule has 0 spiro atoms. The van der Waals surface area contributed by atoms with E-state index in [0.29, 0.717) is 6.10 Å². The first-order valence-electron chi connectivity index (χ1n) is 5.97. The lowest BCUT2D eigenvalue weighted by Crippen LogP contribution is -2.08. The summed E-state index contributed by atoms with van der Waals surface area (Å²) in [5.74, 6) is 1.06. The van der Waals surface area contributed by atoms with E-state index in [1.165, 1.54) is 27.8 Å². The van der Waals surface area contributed by atoms with Crippen molar-refractivity contribution in [2.45, 2.75) is 30.4 Å². The summed E-state index contributed by atoms with van der Waals surface area (Å²) in [6.07, 6.45) is 2.87. The van der Waals surface area contributed by atoms with Gasteiger partial charge in [-0.05, 0) is 53.5 Å². The van der Waals surface area contributed by atoms with E-state index in [2.05, 4.69) is 39.4 Å². The second-order valence-electron chi connectivity index (χ2n) is 4.24. The fraction of sp³-hybridized carbons (Fsp3) is 0.538. The number of benzene rings is 1. The zero-order valence-corrected chi connectivity index (χ0v) is 12.4. The number of ether oxygens (including phenoxy) is 1. The van der Waals surface area contributed by atoms with Gasteiger partial charge in [-0.2, -0.15) is 0 Å². The number of hydrogen-bond donors (Lipinski definition) is 1. The van der Waals surface area contributed by atoms with Gasteiger partial charge >= 0.3 is 0 Å². The Morgan fingerprint density at radius 1 is 1.53 bits per heavy atom. The number of rotatable bonds is 5. The third-order valence-corrected chi connectivity index (χ3v) is 4.95. The van der Waals surface area contributed by atoms with E-state index in [9.17, 15) is 0 Å². The molecule has 1 aliphatic heterocycles. The minimum Gasteiger partial charge on any atom is -0.377 e. The maximum Gasteiger partial charge on any atom is 0.0669 e. The van der Waals surface area contributed by atoms with Gasteiger partial charge in [0.1, 0.15) is 0 Å². The summed E-state index contributed by atoms with van der Waals surface area (Å²) in [5, 5.41) is 3.16. The molecule has 1 aliphatic rings. The molecule has 0 aliphatic carbocycles. The zero-order chi connectivity index (χ0) is 12.1. The van der Waals surface area contributed by atoms with Crippen LogP contribution >= 0.6 is 27.7 Å². The smallest absolute Gasteiger partial charge is 0.0669 e. The molecular weight excluding hydrogens is 298 g/mol. The molecule has 1 aromatic carbocycles. The van der Waals surface area contributed by atoms with Crippen molar-refractivity contribution in [1.82, 2.24) is 5.32 Å². The highest BCUT2D eigenvalue weighted by atomic mass is 79.9. The first-order chi connectivity index (χ1) is 8.29. The molecule has 0 bridgehead atoms. The highest BCUT2D eigenvalue weighted by Gasteiger charge is 2.16. The van der Waals surface area contributed by atoms with Crippen LogP contribution in [0.25, 0.3) is 0 Å². The van der Waals surface area contributed by atoms with Crippen LogP contribution in [0.3, 0.4) is 0 Å². The van der Waals surface area contributed by atoms with Crippen LogP contribution in [-0.4, -0.2) is 25.5 Å². The Morgan fingerprint density at radius 3 is 3.06 bits per heavy atom. The third kappa shape index (κ3) is 3.98. The van der Waals surface area contributed by atoms with Crippen molar-refractivity contribution in [2.75, 3.05) is 19.4 Å². The summed E-state index contributed by atoms with van der Waals surface area (Å²) in [7, 11) is 1.97. The van der Waals surface area contributed by atoms with Gasteiger partial charge in [0.15, 0.2) is 0 Å². The Bertz CT molecular complexity index is 366. The molecule has 1 fully saturated rings. The topological polar surface area (TPSA) is 21.3 Å². The fourth-order valence-corrected chi connectivity index (χ4v) is 3.69. The minimum absolute atomic E-state index is 0.448. The van der Waals surface area contributed by atoms with Gasteiger partial charge in [-0.1, -0.05) is 6.07 Å². The summed E-state index contributed by atoms with van der Waals surface area (Å²) in [6.45, 7) is 1.85. The van der Waals surface area contributed by atoms with Gasteiger partial charge in [0.25, 0.3) is 0 Å². The standard InChI is InChI=1S/C13H18BrNOS/c1-15-8-10-4-5-13(12(14)7-10)17-9-11-3-2-6-16-11/h4-5,7,11,15H,2-3,6,8-9H2,1H3. The van der Waals surface area contributed by atoms with Gasteiger partial charge in [0.05, 0.1) is 6.10 Å². The Balaban J connectivity index is 1.91. The molecule has 0 aromatic heterocycles. The van der Waals surface area contributed by atoms with Crippen LogP contribution in [0, 0.1) is 0 Å². The predicted molar refractivity (Wildman–Crippen MR) is 76.6 cm³/mol. The van der Waals surface area contributed by atoms with Gasteiger partial charge in [-0.15, -0.1) is 11.8 Å². The first kappa shape index (κ1) is 13.4. The second kappa shape index (κ2) is 6.78. The van der Waals surface area contributed by atoms with Crippen molar-refractivity contribution >= 4 is 27.7 Å². The molecule has 94 valence electrons. The van der Waals surface area contributed by atoms with Crippen molar-refractivity contribution in [2.24, 2.45) is 0 Å². The molecule has 0 amide bonds. The molecule has 0 radical (unpaired) electrons. The van der Waals surface area contributed by atoms with E-state index in [4.69, 9.17) is 4.74 Å². The number of nitrogens with one attached hydrogen (secondary N) is 1. The predicted octanol–water partition coefficient (Wildman–Crippen LogP) is 3.44. The van der Waals surface area contributed by atoms with Gasteiger partial charge in [-0.25, -0.2) is 0 Å². The van der Waals surface area contributed by atoms with Crippen LogP contribution in [0.1, 0.15) is 18.4 Å². The highest BCUT2D eigenvalue weighted by molar-refractivity contribution is 9.10. The molecule has 2 nitrogen and oxygen atoms in total. The molecule has 1 atom stereocenters. The van der Waals surface area contributed by atoms with E-state index in [1.54, 1.807) is 0 Å². The average Bonchev–Trinajstić information content (AvgIpc) is 2.81. The molecule has 1 aromatic rings. The normalized spacial score (nSPS) is 19.8. The van der Waals surface area contributed by atoms with Crippen LogP contribution in [0.4, 0.5) is 0 Å².